The van der Waals surface area contributed by atoms with Crippen LogP contribution in [0, 0.1) is 0 Å². The van der Waals surface area contributed by atoms with Gasteiger partial charge in [0.15, 0.2) is 11.5 Å². The van der Waals surface area contributed by atoms with Crippen LogP contribution in [0.25, 0.3) is 5.52 Å². The van der Waals surface area contributed by atoms with E-state index in [1.807, 2.05) is 23.5 Å². The van der Waals surface area contributed by atoms with E-state index in [4.69, 9.17) is 0 Å². The number of hydrogen-bond acceptors (Lipinski definition) is 5. The zero-order valence-corrected chi connectivity index (χ0v) is 12.6. The summed E-state index contributed by atoms with van der Waals surface area (Å²) in [6, 6.07) is 1.03. The minimum Gasteiger partial charge on any atom is -0.367 e. The Hall–Kier alpha value is -1.09. The van der Waals surface area contributed by atoms with Crippen LogP contribution in [0.3, 0.4) is 0 Å². The van der Waals surface area contributed by atoms with Gasteiger partial charge in [-0.15, -0.1) is 0 Å². The van der Waals surface area contributed by atoms with Gasteiger partial charge in [-0.2, -0.15) is 41.8 Å². The highest BCUT2D eigenvalue weighted by atomic mass is 32.2. The average molecular weight is 334 g/mol. The number of anilines is 1. The van der Waals surface area contributed by atoms with Crippen molar-refractivity contribution >= 4 is 34.9 Å². The molecule has 3 heterocycles. The summed E-state index contributed by atoms with van der Waals surface area (Å²) in [6.45, 7) is 0.691. The molecule has 0 amide bonds. The molecule has 21 heavy (non-hydrogen) atoms. The lowest BCUT2D eigenvalue weighted by Crippen LogP contribution is -2.23. The lowest BCUT2D eigenvalue weighted by atomic mass is 10.3. The number of halogens is 3. The molecule has 3 rings (SSSR count). The predicted molar refractivity (Wildman–Crippen MR) is 80.0 cm³/mol. The fraction of sp³-hybridized carbons (Fsp3) is 0.500. The second-order valence-corrected chi connectivity index (χ2v) is 7.14. The van der Waals surface area contributed by atoms with Crippen molar-refractivity contribution in [2.24, 2.45) is 0 Å². The highest BCUT2D eigenvalue weighted by molar-refractivity contribution is 8.06. The molecule has 1 aliphatic heterocycles. The van der Waals surface area contributed by atoms with Crippen LogP contribution in [0.5, 0.6) is 0 Å². The molecule has 2 aromatic heterocycles. The number of thioether (sulfide) groups is 2. The predicted octanol–water partition coefficient (Wildman–Crippen LogP) is 3.01. The van der Waals surface area contributed by atoms with Gasteiger partial charge in [-0.25, -0.2) is 9.50 Å². The molecule has 1 aliphatic rings. The Balaban J connectivity index is 1.79. The summed E-state index contributed by atoms with van der Waals surface area (Å²) >= 11 is 3.79. The quantitative estimate of drug-likeness (QED) is 0.935. The van der Waals surface area contributed by atoms with E-state index in [0.717, 1.165) is 23.3 Å². The minimum atomic E-state index is -4.45. The second-order valence-electron chi connectivity index (χ2n) is 4.58. The van der Waals surface area contributed by atoms with Gasteiger partial charge in [-0.3, -0.25) is 0 Å². The first kappa shape index (κ1) is 14.8. The molecule has 2 aromatic rings. The fourth-order valence-electron chi connectivity index (χ4n) is 2.06. The van der Waals surface area contributed by atoms with Gasteiger partial charge in [-0.1, -0.05) is 0 Å². The summed E-state index contributed by atoms with van der Waals surface area (Å²) in [5, 5.41) is 7.14. The summed E-state index contributed by atoms with van der Waals surface area (Å²) in [7, 11) is 0. The molecule has 114 valence electrons. The molecule has 0 saturated carbocycles. The van der Waals surface area contributed by atoms with E-state index in [-0.39, 0.29) is 0 Å². The Labute approximate surface area is 127 Å². The molecule has 1 N–H and O–H groups in total. The lowest BCUT2D eigenvalue weighted by molar-refractivity contribution is -0.141. The number of nitrogens with one attached hydrogen (secondary N) is 1. The molecule has 0 aliphatic carbocycles. The maximum absolute atomic E-state index is 12.7. The third-order valence-electron chi connectivity index (χ3n) is 3.06. The van der Waals surface area contributed by atoms with Crippen LogP contribution >= 0.6 is 23.5 Å². The Kier molecular flexibility index (Phi) is 4.21. The van der Waals surface area contributed by atoms with Crippen molar-refractivity contribution in [1.82, 2.24) is 14.6 Å². The third kappa shape index (κ3) is 3.39. The highest BCUT2D eigenvalue weighted by Crippen LogP contribution is 2.30. The van der Waals surface area contributed by atoms with Gasteiger partial charge in [0.05, 0.1) is 0 Å². The van der Waals surface area contributed by atoms with Gasteiger partial charge >= 0.3 is 6.18 Å². The first-order valence-corrected chi connectivity index (χ1v) is 8.59. The third-order valence-corrected chi connectivity index (χ3v) is 5.91. The van der Waals surface area contributed by atoms with E-state index < -0.39 is 11.9 Å². The van der Waals surface area contributed by atoms with E-state index in [0.29, 0.717) is 23.1 Å². The van der Waals surface area contributed by atoms with Gasteiger partial charge in [0.1, 0.15) is 5.52 Å². The second kappa shape index (κ2) is 5.96. The molecule has 1 saturated heterocycles. The summed E-state index contributed by atoms with van der Waals surface area (Å²) < 4.78 is 39.3. The van der Waals surface area contributed by atoms with E-state index in [9.17, 15) is 13.2 Å². The number of alkyl halides is 3. The molecule has 1 fully saturated rings. The van der Waals surface area contributed by atoms with E-state index in [2.05, 4.69) is 15.4 Å². The standard InChI is InChI=1S/C12H13F3N4S2/c13-12(14,15)10-5-9-11(16-1-2-19(9)18-10)17-6-8-7-20-3-4-21-8/h1-2,5,8H,3-4,6-7H2,(H,16,17). The molecule has 0 spiro atoms. The Morgan fingerprint density at radius 3 is 2.95 bits per heavy atom. The molecule has 9 heteroatoms. The number of rotatable bonds is 3. The molecule has 0 radical (unpaired) electrons. The number of fused-ring (bicyclic) bond motifs is 1. The van der Waals surface area contributed by atoms with Gasteiger partial charge in [-0.05, 0) is 0 Å². The smallest absolute Gasteiger partial charge is 0.367 e. The first-order chi connectivity index (χ1) is 10.0. The van der Waals surface area contributed by atoms with Gasteiger partial charge in [0.25, 0.3) is 0 Å². The summed E-state index contributed by atoms with van der Waals surface area (Å²) in [5.74, 6) is 3.76. The maximum atomic E-state index is 12.7. The number of nitrogens with zero attached hydrogens (tertiary/aromatic N) is 3. The summed E-state index contributed by atoms with van der Waals surface area (Å²) in [5.41, 5.74) is -0.556. The molecule has 0 bridgehead atoms. The fourth-order valence-corrected chi connectivity index (χ4v) is 4.67. The number of hydrogen-bond donors (Lipinski definition) is 1. The van der Waals surface area contributed by atoms with Crippen LogP contribution in [-0.2, 0) is 6.18 Å². The van der Waals surface area contributed by atoms with E-state index in [1.165, 1.54) is 16.9 Å². The molecular formula is C12H13F3N4S2. The molecule has 1 unspecified atom stereocenters. The topological polar surface area (TPSA) is 42.2 Å². The SMILES string of the molecule is FC(F)(F)c1cc2c(NCC3CSCCS3)nccn2n1. The van der Waals surface area contributed by atoms with Gasteiger partial charge in [0, 0.05) is 47.5 Å². The zero-order valence-electron chi connectivity index (χ0n) is 10.9. The van der Waals surface area contributed by atoms with Crippen molar-refractivity contribution in [3.63, 3.8) is 0 Å². The zero-order chi connectivity index (χ0) is 14.9. The normalized spacial score (nSPS) is 19.9. The Morgan fingerprint density at radius 2 is 2.24 bits per heavy atom. The van der Waals surface area contributed by atoms with Crippen molar-refractivity contribution in [2.45, 2.75) is 11.4 Å². The van der Waals surface area contributed by atoms with Crippen molar-refractivity contribution in [3.05, 3.63) is 24.2 Å². The molecular weight excluding hydrogens is 321 g/mol. The minimum absolute atomic E-state index is 0.346. The molecule has 4 nitrogen and oxygen atoms in total. The van der Waals surface area contributed by atoms with Crippen LogP contribution < -0.4 is 5.32 Å². The maximum Gasteiger partial charge on any atom is 0.435 e. The van der Waals surface area contributed by atoms with Crippen molar-refractivity contribution in [1.29, 1.82) is 0 Å². The average Bonchev–Trinajstić information content (AvgIpc) is 2.91. The summed E-state index contributed by atoms with van der Waals surface area (Å²) in [6.07, 6.45) is -1.58. The lowest BCUT2D eigenvalue weighted by Gasteiger charge is -2.21. The van der Waals surface area contributed by atoms with E-state index in [1.54, 1.807) is 0 Å². The van der Waals surface area contributed by atoms with Gasteiger partial charge in [0.2, 0.25) is 0 Å². The Bertz CT molecular complexity index is 622. The monoisotopic (exact) mass is 334 g/mol. The molecule has 0 aromatic carbocycles. The van der Waals surface area contributed by atoms with Crippen molar-refractivity contribution < 1.29 is 13.2 Å². The van der Waals surface area contributed by atoms with Crippen LogP contribution in [0.1, 0.15) is 5.69 Å². The largest absolute Gasteiger partial charge is 0.435 e. The van der Waals surface area contributed by atoms with Crippen LogP contribution in [0.4, 0.5) is 19.0 Å². The Morgan fingerprint density at radius 1 is 1.38 bits per heavy atom. The van der Waals surface area contributed by atoms with Crippen LogP contribution in [0.15, 0.2) is 18.5 Å². The van der Waals surface area contributed by atoms with Crippen LogP contribution in [0.2, 0.25) is 0 Å². The van der Waals surface area contributed by atoms with Crippen molar-refractivity contribution in [2.75, 3.05) is 29.1 Å². The summed E-state index contributed by atoms with van der Waals surface area (Å²) in [4.78, 5) is 4.13. The van der Waals surface area contributed by atoms with E-state index >= 15 is 0 Å². The first-order valence-electron chi connectivity index (χ1n) is 6.39. The molecule has 1 atom stereocenters. The highest BCUT2D eigenvalue weighted by Gasteiger charge is 2.34. The van der Waals surface area contributed by atoms with Gasteiger partial charge < -0.3 is 5.32 Å². The van der Waals surface area contributed by atoms with Crippen LogP contribution in [-0.4, -0.2) is 43.7 Å². The van der Waals surface area contributed by atoms with Crippen molar-refractivity contribution in [3.8, 4) is 0 Å². The number of aromatic nitrogens is 3.